The first-order chi connectivity index (χ1) is 9.58. The minimum Gasteiger partial charge on any atom is -0.323 e. The Morgan fingerprint density at radius 2 is 2.00 bits per heavy atom. The molecule has 3 N–H and O–H groups in total. The van der Waals surface area contributed by atoms with Gasteiger partial charge in [0, 0.05) is 17.3 Å². The van der Waals surface area contributed by atoms with Crippen molar-refractivity contribution in [3.8, 4) is 0 Å². The second kappa shape index (κ2) is 6.50. The van der Waals surface area contributed by atoms with Gasteiger partial charge >= 0.3 is 0 Å². The van der Waals surface area contributed by atoms with E-state index >= 15 is 0 Å². The maximum absolute atomic E-state index is 12.2. The molecule has 2 rings (SSSR count). The highest BCUT2D eigenvalue weighted by molar-refractivity contribution is 6.30. The highest BCUT2D eigenvalue weighted by Gasteiger charge is 2.22. The van der Waals surface area contributed by atoms with E-state index in [0.29, 0.717) is 10.8 Å². The zero-order chi connectivity index (χ0) is 14.5. The van der Waals surface area contributed by atoms with Gasteiger partial charge in [-0.15, -0.1) is 0 Å². The molecule has 0 bridgehead atoms. The predicted octanol–water partition coefficient (Wildman–Crippen LogP) is 3.01. The number of aromatic nitrogens is 1. The van der Waals surface area contributed by atoms with Gasteiger partial charge < -0.3 is 11.1 Å². The van der Waals surface area contributed by atoms with Gasteiger partial charge in [-0.25, -0.2) is 4.98 Å². The SMILES string of the molecule is CC(C(=O)Nc1cc(Cl)ccn1)C(N)c1ccccc1. The van der Waals surface area contributed by atoms with Crippen molar-refractivity contribution in [2.75, 3.05) is 5.32 Å². The quantitative estimate of drug-likeness (QED) is 0.909. The minimum absolute atomic E-state index is 0.184. The molecule has 2 atom stereocenters. The number of hydrogen-bond donors (Lipinski definition) is 2. The molecule has 0 saturated carbocycles. The van der Waals surface area contributed by atoms with Crippen LogP contribution in [0.25, 0.3) is 0 Å². The zero-order valence-corrected chi connectivity index (χ0v) is 11.8. The van der Waals surface area contributed by atoms with Crippen molar-refractivity contribution in [1.82, 2.24) is 4.98 Å². The monoisotopic (exact) mass is 289 g/mol. The number of nitrogens with zero attached hydrogens (tertiary/aromatic N) is 1. The summed E-state index contributed by atoms with van der Waals surface area (Å²) < 4.78 is 0. The third-order valence-corrected chi connectivity index (χ3v) is 3.35. The number of hydrogen-bond acceptors (Lipinski definition) is 3. The van der Waals surface area contributed by atoms with Crippen LogP contribution in [0.2, 0.25) is 5.02 Å². The van der Waals surface area contributed by atoms with E-state index in [4.69, 9.17) is 17.3 Å². The Hall–Kier alpha value is -1.91. The topological polar surface area (TPSA) is 68.0 Å². The summed E-state index contributed by atoms with van der Waals surface area (Å²) in [6.07, 6.45) is 1.54. The van der Waals surface area contributed by atoms with E-state index < -0.39 is 0 Å². The van der Waals surface area contributed by atoms with Gasteiger partial charge in [0.2, 0.25) is 5.91 Å². The molecule has 1 aromatic heterocycles. The number of nitrogens with one attached hydrogen (secondary N) is 1. The van der Waals surface area contributed by atoms with Crippen molar-refractivity contribution in [2.45, 2.75) is 13.0 Å². The number of amides is 1. The summed E-state index contributed by atoms with van der Waals surface area (Å²) in [6.45, 7) is 1.79. The molecule has 0 aliphatic heterocycles. The van der Waals surface area contributed by atoms with Crippen LogP contribution in [0.4, 0.5) is 5.82 Å². The number of rotatable bonds is 4. The molecule has 0 saturated heterocycles. The highest BCUT2D eigenvalue weighted by atomic mass is 35.5. The summed E-state index contributed by atoms with van der Waals surface area (Å²) in [5.74, 6) is -0.135. The van der Waals surface area contributed by atoms with E-state index in [2.05, 4.69) is 10.3 Å². The predicted molar refractivity (Wildman–Crippen MR) is 80.4 cm³/mol. The maximum Gasteiger partial charge on any atom is 0.230 e. The summed E-state index contributed by atoms with van der Waals surface area (Å²) >= 11 is 5.85. The Bertz CT molecular complexity index is 589. The Kier molecular flexibility index (Phi) is 4.71. The van der Waals surface area contributed by atoms with Crippen LogP contribution < -0.4 is 11.1 Å². The first kappa shape index (κ1) is 14.5. The van der Waals surface area contributed by atoms with Crippen LogP contribution in [-0.2, 0) is 4.79 Å². The number of nitrogens with two attached hydrogens (primary N) is 1. The molecular formula is C15H16ClN3O. The maximum atomic E-state index is 12.2. The van der Waals surface area contributed by atoms with Gasteiger partial charge in [0.25, 0.3) is 0 Å². The fourth-order valence-electron chi connectivity index (χ4n) is 1.84. The Labute approximate surface area is 123 Å². The van der Waals surface area contributed by atoms with Gasteiger partial charge in [0.1, 0.15) is 5.82 Å². The number of carbonyl (C=O) groups is 1. The van der Waals surface area contributed by atoms with E-state index in [0.717, 1.165) is 5.56 Å². The van der Waals surface area contributed by atoms with Crippen LogP contribution in [0.15, 0.2) is 48.7 Å². The van der Waals surface area contributed by atoms with E-state index in [9.17, 15) is 4.79 Å². The molecule has 5 heteroatoms. The molecule has 1 aromatic carbocycles. The van der Waals surface area contributed by atoms with Crippen molar-refractivity contribution in [3.05, 3.63) is 59.2 Å². The van der Waals surface area contributed by atoms with Crippen molar-refractivity contribution >= 4 is 23.3 Å². The van der Waals surface area contributed by atoms with Crippen LogP contribution >= 0.6 is 11.6 Å². The third kappa shape index (κ3) is 3.56. The molecule has 20 heavy (non-hydrogen) atoms. The van der Waals surface area contributed by atoms with Gasteiger partial charge in [0.15, 0.2) is 0 Å². The lowest BCUT2D eigenvalue weighted by Gasteiger charge is -2.19. The molecule has 2 unspecified atom stereocenters. The van der Waals surface area contributed by atoms with Crippen molar-refractivity contribution in [3.63, 3.8) is 0 Å². The van der Waals surface area contributed by atoms with E-state index in [-0.39, 0.29) is 17.9 Å². The van der Waals surface area contributed by atoms with Crippen LogP contribution in [-0.4, -0.2) is 10.9 Å². The zero-order valence-electron chi connectivity index (χ0n) is 11.1. The van der Waals surface area contributed by atoms with Crippen molar-refractivity contribution < 1.29 is 4.79 Å². The number of anilines is 1. The van der Waals surface area contributed by atoms with Gasteiger partial charge in [-0.3, -0.25) is 4.79 Å². The molecule has 0 fully saturated rings. The summed E-state index contributed by atoms with van der Waals surface area (Å²) in [5, 5.41) is 3.24. The van der Waals surface area contributed by atoms with Crippen LogP contribution in [0.1, 0.15) is 18.5 Å². The lowest BCUT2D eigenvalue weighted by Crippen LogP contribution is -2.30. The van der Waals surface area contributed by atoms with Crippen LogP contribution in [0.3, 0.4) is 0 Å². The summed E-state index contributed by atoms with van der Waals surface area (Å²) in [6, 6.07) is 12.4. The number of halogens is 1. The van der Waals surface area contributed by atoms with Gasteiger partial charge in [0.05, 0.1) is 5.92 Å². The fraction of sp³-hybridized carbons (Fsp3) is 0.200. The highest BCUT2D eigenvalue weighted by Crippen LogP contribution is 2.21. The van der Waals surface area contributed by atoms with Crippen molar-refractivity contribution in [1.29, 1.82) is 0 Å². The molecule has 0 aliphatic rings. The smallest absolute Gasteiger partial charge is 0.230 e. The number of carbonyl (C=O) groups excluding carboxylic acids is 1. The normalized spacial score (nSPS) is 13.6. The Morgan fingerprint density at radius 1 is 1.30 bits per heavy atom. The molecule has 1 amide bonds. The van der Waals surface area contributed by atoms with Crippen LogP contribution in [0, 0.1) is 5.92 Å². The standard InChI is InChI=1S/C15H16ClN3O/c1-10(14(17)11-5-3-2-4-6-11)15(20)19-13-9-12(16)7-8-18-13/h2-10,14H,17H2,1H3,(H,18,19,20). The third-order valence-electron chi connectivity index (χ3n) is 3.11. The fourth-order valence-corrected chi connectivity index (χ4v) is 2.00. The second-order valence-corrected chi connectivity index (χ2v) is 5.01. The first-order valence-electron chi connectivity index (χ1n) is 6.31. The lowest BCUT2D eigenvalue weighted by molar-refractivity contribution is -0.120. The van der Waals surface area contributed by atoms with Gasteiger partial charge in [-0.2, -0.15) is 0 Å². The molecule has 1 heterocycles. The van der Waals surface area contributed by atoms with Crippen LogP contribution in [0.5, 0.6) is 0 Å². The Balaban J connectivity index is 2.05. The van der Waals surface area contributed by atoms with E-state index in [1.54, 1.807) is 25.3 Å². The molecule has 0 radical (unpaired) electrons. The lowest BCUT2D eigenvalue weighted by atomic mass is 9.95. The summed E-state index contributed by atoms with van der Waals surface area (Å²) in [7, 11) is 0. The van der Waals surface area contributed by atoms with Crippen molar-refractivity contribution in [2.24, 2.45) is 11.7 Å². The number of benzene rings is 1. The summed E-state index contributed by atoms with van der Waals surface area (Å²) in [5.41, 5.74) is 7.04. The molecule has 0 aliphatic carbocycles. The van der Waals surface area contributed by atoms with Gasteiger partial charge in [-0.1, -0.05) is 48.9 Å². The Morgan fingerprint density at radius 3 is 2.65 bits per heavy atom. The average Bonchev–Trinajstić information content (AvgIpc) is 2.46. The second-order valence-electron chi connectivity index (χ2n) is 4.57. The van der Waals surface area contributed by atoms with Gasteiger partial charge in [-0.05, 0) is 17.7 Å². The largest absolute Gasteiger partial charge is 0.323 e. The molecule has 104 valence electrons. The molecule has 4 nitrogen and oxygen atoms in total. The van der Waals surface area contributed by atoms with E-state index in [1.165, 1.54) is 0 Å². The molecular weight excluding hydrogens is 274 g/mol. The first-order valence-corrected chi connectivity index (χ1v) is 6.68. The van der Waals surface area contributed by atoms with E-state index in [1.807, 2.05) is 30.3 Å². The molecule has 2 aromatic rings. The number of pyridine rings is 1. The molecule has 0 spiro atoms. The average molecular weight is 290 g/mol. The summed E-state index contributed by atoms with van der Waals surface area (Å²) in [4.78, 5) is 16.2. The minimum atomic E-state index is -0.377.